The van der Waals surface area contributed by atoms with Gasteiger partial charge in [0.1, 0.15) is 0 Å². The van der Waals surface area contributed by atoms with Crippen LogP contribution in [0, 0.1) is 5.92 Å². The second kappa shape index (κ2) is 4.81. The lowest BCUT2D eigenvalue weighted by molar-refractivity contribution is 0.781. The van der Waals surface area contributed by atoms with E-state index in [0.717, 1.165) is 11.3 Å². The van der Waals surface area contributed by atoms with Crippen molar-refractivity contribution in [1.29, 1.82) is 0 Å². The maximum atomic E-state index is 5.66. The average Bonchev–Trinajstić information content (AvgIpc) is 2.02. The van der Waals surface area contributed by atoms with Crippen LogP contribution in [0.5, 0.6) is 0 Å². The maximum Gasteiger partial charge on any atom is 0.0273 e. The Bertz CT molecular complexity index is 219. The van der Waals surface area contributed by atoms with Crippen molar-refractivity contribution in [2.45, 2.75) is 27.7 Å². The third kappa shape index (κ3) is 3.42. The summed E-state index contributed by atoms with van der Waals surface area (Å²) in [5.74, 6) is 0.492. The van der Waals surface area contributed by atoms with E-state index in [-0.39, 0.29) is 0 Å². The molecule has 0 aliphatic rings. The Hall–Kier alpha value is -0.980. The van der Waals surface area contributed by atoms with Gasteiger partial charge in [0.2, 0.25) is 0 Å². The molecule has 0 amide bonds. The normalized spacial score (nSPS) is 13.8. The molecular weight excluding hydrogens is 146 g/mol. The number of hydrogen-bond donors (Lipinski definition) is 1. The molecule has 0 bridgehead atoms. The van der Waals surface area contributed by atoms with Gasteiger partial charge in [-0.2, -0.15) is 0 Å². The first-order chi connectivity index (χ1) is 5.49. The van der Waals surface area contributed by atoms with Crippen LogP contribution in [-0.4, -0.2) is 0 Å². The summed E-state index contributed by atoms with van der Waals surface area (Å²) in [6.45, 7) is 12.2. The summed E-state index contributed by atoms with van der Waals surface area (Å²) in [5, 5.41) is 0. The zero-order chi connectivity index (χ0) is 9.72. The molecule has 0 aliphatic carbocycles. The zero-order valence-electron chi connectivity index (χ0n) is 8.52. The summed E-state index contributed by atoms with van der Waals surface area (Å²) >= 11 is 0. The standard InChI is InChI=1S/C11H19N/c1-6-11(12)7-9(4)10(5)8(2)3/h6-8H,5,12H2,1-4H3/b9-7-,11-6+. The Kier molecular flexibility index (Phi) is 4.42. The molecule has 0 rings (SSSR count). The van der Waals surface area contributed by atoms with Crippen molar-refractivity contribution < 1.29 is 0 Å². The Labute approximate surface area is 75.7 Å². The van der Waals surface area contributed by atoms with Crippen LogP contribution in [0.1, 0.15) is 27.7 Å². The molecule has 0 aromatic heterocycles. The maximum absolute atomic E-state index is 5.66. The second-order valence-electron chi connectivity index (χ2n) is 3.30. The van der Waals surface area contributed by atoms with Crippen molar-refractivity contribution in [2.75, 3.05) is 0 Å². The largest absolute Gasteiger partial charge is 0.399 e. The van der Waals surface area contributed by atoms with Gasteiger partial charge in [-0.3, -0.25) is 0 Å². The van der Waals surface area contributed by atoms with Gasteiger partial charge in [-0.1, -0.05) is 26.5 Å². The predicted octanol–water partition coefficient (Wildman–Crippen LogP) is 3.01. The Balaban J connectivity index is 4.49. The van der Waals surface area contributed by atoms with Gasteiger partial charge in [0, 0.05) is 5.70 Å². The fraction of sp³-hybridized carbons (Fsp3) is 0.455. The smallest absolute Gasteiger partial charge is 0.0273 e. The summed E-state index contributed by atoms with van der Waals surface area (Å²) in [5.41, 5.74) is 8.78. The van der Waals surface area contributed by atoms with Gasteiger partial charge in [-0.25, -0.2) is 0 Å². The lowest BCUT2D eigenvalue weighted by atomic mass is 9.97. The molecule has 0 aromatic rings. The number of nitrogens with two attached hydrogens (primary N) is 1. The highest BCUT2D eigenvalue weighted by atomic mass is 14.5. The van der Waals surface area contributed by atoms with Gasteiger partial charge in [0.15, 0.2) is 0 Å². The highest BCUT2D eigenvalue weighted by Gasteiger charge is 2.01. The first-order valence-electron chi connectivity index (χ1n) is 4.28. The molecular formula is C11H19N. The molecule has 0 aromatic carbocycles. The van der Waals surface area contributed by atoms with E-state index < -0.39 is 0 Å². The Morgan fingerprint density at radius 2 is 1.92 bits per heavy atom. The molecule has 0 atom stereocenters. The minimum Gasteiger partial charge on any atom is -0.399 e. The molecule has 0 fully saturated rings. The molecule has 2 N–H and O–H groups in total. The van der Waals surface area contributed by atoms with Gasteiger partial charge < -0.3 is 5.73 Å². The average molecular weight is 165 g/mol. The van der Waals surface area contributed by atoms with E-state index >= 15 is 0 Å². The SMILES string of the molecule is C=C(/C(C)=C\C(N)=C/C)C(C)C. The van der Waals surface area contributed by atoms with E-state index in [2.05, 4.69) is 20.4 Å². The summed E-state index contributed by atoms with van der Waals surface area (Å²) in [6, 6.07) is 0. The van der Waals surface area contributed by atoms with E-state index in [1.807, 2.05) is 26.0 Å². The third-order valence-electron chi connectivity index (χ3n) is 1.92. The van der Waals surface area contributed by atoms with Crippen molar-refractivity contribution in [3.05, 3.63) is 35.6 Å². The molecule has 1 heteroatoms. The molecule has 0 unspecified atom stereocenters. The molecule has 0 radical (unpaired) electrons. The minimum atomic E-state index is 0.492. The van der Waals surface area contributed by atoms with E-state index in [4.69, 9.17) is 5.73 Å². The van der Waals surface area contributed by atoms with Crippen molar-refractivity contribution in [1.82, 2.24) is 0 Å². The lowest BCUT2D eigenvalue weighted by Gasteiger charge is -2.09. The molecule has 0 saturated carbocycles. The number of rotatable bonds is 3. The van der Waals surface area contributed by atoms with Gasteiger partial charge in [-0.15, -0.1) is 0 Å². The van der Waals surface area contributed by atoms with Gasteiger partial charge in [0.05, 0.1) is 0 Å². The van der Waals surface area contributed by atoms with E-state index in [1.54, 1.807) is 0 Å². The van der Waals surface area contributed by atoms with Gasteiger partial charge in [0.25, 0.3) is 0 Å². The van der Waals surface area contributed by atoms with Crippen LogP contribution < -0.4 is 5.73 Å². The summed E-state index contributed by atoms with van der Waals surface area (Å²) < 4.78 is 0. The van der Waals surface area contributed by atoms with Crippen molar-refractivity contribution >= 4 is 0 Å². The molecule has 0 heterocycles. The van der Waals surface area contributed by atoms with Crippen molar-refractivity contribution in [3.63, 3.8) is 0 Å². The summed E-state index contributed by atoms with van der Waals surface area (Å²) in [6.07, 6.45) is 3.85. The van der Waals surface area contributed by atoms with E-state index in [1.165, 1.54) is 5.57 Å². The molecule has 0 spiro atoms. The van der Waals surface area contributed by atoms with Crippen LogP contribution in [-0.2, 0) is 0 Å². The van der Waals surface area contributed by atoms with Gasteiger partial charge in [-0.05, 0) is 37.0 Å². The van der Waals surface area contributed by atoms with Crippen molar-refractivity contribution in [2.24, 2.45) is 11.7 Å². The first kappa shape index (κ1) is 11.0. The number of hydrogen-bond acceptors (Lipinski definition) is 1. The van der Waals surface area contributed by atoms with Crippen LogP contribution in [0.2, 0.25) is 0 Å². The molecule has 68 valence electrons. The fourth-order valence-corrected chi connectivity index (χ4v) is 0.881. The van der Waals surface area contributed by atoms with Crippen LogP contribution in [0.4, 0.5) is 0 Å². The highest BCUT2D eigenvalue weighted by Crippen LogP contribution is 2.16. The monoisotopic (exact) mass is 165 g/mol. The second-order valence-corrected chi connectivity index (χ2v) is 3.30. The quantitative estimate of drug-likeness (QED) is 0.639. The molecule has 12 heavy (non-hydrogen) atoms. The summed E-state index contributed by atoms with van der Waals surface area (Å²) in [7, 11) is 0. The fourth-order valence-electron chi connectivity index (χ4n) is 0.881. The molecule has 0 aliphatic heterocycles. The van der Waals surface area contributed by atoms with Crippen LogP contribution in [0.15, 0.2) is 35.6 Å². The van der Waals surface area contributed by atoms with Crippen LogP contribution in [0.3, 0.4) is 0 Å². The molecule has 1 nitrogen and oxygen atoms in total. The summed E-state index contributed by atoms with van der Waals surface area (Å²) in [4.78, 5) is 0. The Morgan fingerprint density at radius 1 is 1.42 bits per heavy atom. The van der Waals surface area contributed by atoms with Crippen LogP contribution >= 0.6 is 0 Å². The zero-order valence-corrected chi connectivity index (χ0v) is 8.52. The van der Waals surface area contributed by atoms with Gasteiger partial charge >= 0.3 is 0 Å². The Morgan fingerprint density at radius 3 is 2.25 bits per heavy atom. The number of allylic oxidation sites excluding steroid dienone is 4. The van der Waals surface area contributed by atoms with E-state index in [9.17, 15) is 0 Å². The predicted molar refractivity (Wildman–Crippen MR) is 55.7 cm³/mol. The van der Waals surface area contributed by atoms with Crippen molar-refractivity contribution in [3.8, 4) is 0 Å². The first-order valence-corrected chi connectivity index (χ1v) is 4.28. The molecule has 0 saturated heterocycles. The third-order valence-corrected chi connectivity index (χ3v) is 1.92. The highest BCUT2D eigenvalue weighted by molar-refractivity contribution is 5.33. The van der Waals surface area contributed by atoms with Crippen LogP contribution in [0.25, 0.3) is 0 Å². The van der Waals surface area contributed by atoms with E-state index in [0.29, 0.717) is 5.92 Å². The topological polar surface area (TPSA) is 26.0 Å². The minimum absolute atomic E-state index is 0.492. The lowest BCUT2D eigenvalue weighted by Crippen LogP contribution is -1.97.